The highest BCUT2D eigenvalue weighted by Gasteiger charge is 2.48. The molecule has 11 nitrogen and oxygen atoms in total. The van der Waals surface area contributed by atoms with Gasteiger partial charge in [-0.05, 0) is 67.1 Å². The number of hydrogen-bond acceptors (Lipinski definition) is 7. The third-order valence-corrected chi connectivity index (χ3v) is 7.68. The van der Waals surface area contributed by atoms with Crippen LogP contribution in [0.15, 0.2) is 76.4 Å². The number of hydrazine groups is 1. The fourth-order valence-electron chi connectivity index (χ4n) is 4.37. The van der Waals surface area contributed by atoms with Crippen LogP contribution in [0.4, 0.5) is 0 Å². The minimum absolute atomic E-state index is 0.00552. The maximum atomic E-state index is 13.2. The third kappa shape index (κ3) is 4.73. The molecular formula is C26H21ClN4O7S. The summed E-state index contributed by atoms with van der Waals surface area (Å²) in [7, 11) is -2.98. The minimum atomic E-state index is -4.52. The maximum absolute atomic E-state index is 13.2. The van der Waals surface area contributed by atoms with Gasteiger partial charge < -0.3 is 4.74 Å². The summed E-state index contributed by atoms with van der Waals surface area (Å²) in [5.41, 5.74) is 3.61. The zero-order chi connectivity index (χ0) is 28.1. The molecule has 2 unspecified atom stereocenters. The van der Waals surface area contributed by atoms with Crippen LogP contribution in [0.3, 0.4) is 0 Å². The summed E-state index contributed by atoms with van der Waals surface area (Å²) in [5.74, 6) is -0.0430. The Hall–Kier alpha value is -4.26. The molecule has 1 saturated heterocycles. The summed E-state index contributed by atoms with van der Waals surface area (Å²) in [5, 5.41) is 0.330. The first-order valence-corrected chi connectivity index (χ1v) is 13.4. The van der Waals surface area contributed by atoms with E-state index < -0.39 is 43.8 Å². The molecule has 2 N–H and O–H groups in total. The number of alkyl halides is 1. The van der Waals surface area contributed by atoms with Gasteiger partial charge in [-0.1, -0.05) is 12.1 Å². The number of nitrogens with one attached hydrogen (secondary N) is 1. The number of nitrogens with zero attached hydrogens (tertiary/aromatic N) is 3. The molecule has 39 heavy (non-hydrogen) atoms. The van der Waals surface area contributed by atoms with Crippen molar-refractivity contribution in [2.24, 2.45) is 0 Å². The first-order chi connectivity index (χ1) is 18.5. The number of ether oxygens (including phenoxy) is 1. The minimum Gasteiger partial charge on any atom is -0.497 e. The molecule has 0 saturated carbocycles. The van der Waals surface area contributed by atoms with Crippen LogP contribution in [-0.2, 0) is 14.9 Å². The lowest BCUT2D eigenvalue weighted by Crippen LogP contribution is -2.63. The van der Waals surface area contributed by atoms with Crippen molar-refractivity contribution >= 4 is 44.4 Å². The number of carbonyl (C=O) groups is 2. The standard InChI is InChI=1S/C26H21ClN4O7S/c1-14-28-21-12-11-19(39(35,36)37)13-20(21)25(33)30(14)17-7-3-16(4-8-17)24(32)29-31-23(22(27)26(31)34)15-5-9-18(38-2)10-6-15/h3-13,22-23H,1-2H3,(H,29,32)(H,35,36,37). The molecule has 1 fully saturated rings. The Morgan fingerprint density at radius 1 is 1.05 bits per heavy atom. The number of hydrogen-bond donors (Lipinski definition) is 2. The molecule has 2 atom stereocenters. The number of rotatable bonds is 6. The molecule has 5 rings (SSSR count). The molecule has 0 aliphatic carbocycles. The first-order valence-electron chi connectivity index (χ1n) is 11.5. The highest BCUT2D eigenvalue weighted by atomic mass is 35.5. The lowest BCUT2D eigenvalue weighted by Gasteiger charge is -2.43. The van der Waals surface area contributed by atoms with Crippen LogP contribution < -0.4 is 15.7 Å². The van der Waals surface area contributed by atoms with E-state index in [1.165, 1.54) is 47.0 Å². The van der Waals surface area contributed by atoms with Gasteiger partial charge in [-0.2, -0.15) is 8.42 Å². The SMILES string of the molecule is COc1ccc(C2C(Cl)C(=O)N2NC(=O)c2ccc(-n3c(C)nc4ccc(S(=O)(=O)O)cc4c3=O)cc2)cc1. The van der Waals surface area contributed by atoms with Crippen LogP contribution in [0, 0.1) is 6.92 Å². The second kappa shape index (κ2) is 9.80. The quantitative estimate of drug-likeness (QED) is 0.205. The van der Waals surface area contributed by atoms with Gasteiger partial charge in [-0.25, -0.2) is 9.99 Å². The van der Waals surface area contributed by atoms with Crippen molar-refractivity contribution in [2.75, 3.05) is 7.11 Å². The molecular weight excluding hydrogens is 548 g/mol. The summed E-state index contributed by atoms with van der Waals surface area (Å²) < 4.78 is 38.8. The monoisotopic (exact) mass is 568 g/mol. The molecule has 2 amide bonds. The van der Waals surface area contributed by atoms with Gasteiger partial charge in [0.15, 0.2) is 0 Å². The van der Waals surface area contributed by atoms with E-state index in [0.717, 1.165) is 17.7 Å². The summed E-state index contributed by atoms with van der Waals surface area (Å²) in [6, 6.07) is 16.0. The number of benzene rings is 3. The predicted molar refractivity (Wildman–Crippen MR) is 142 cm³/mol. The molecule has 0 bridgehead atoms. The van der Waals surface area contributed by atoms with Gasteiger partial charge >= 0.3 is 0 Å². The van der Waals surface area contributed by atoms with Gasteiger partial charge in [-0.3, -0.25) is 28.9 Å². The molecule has 1 aliphatic rings. The Morgan fingerprint density at radius 3 is 2.33 bits per heavy atom. The third-order valence-electron chi connectivity index (χ3n) is 6.40. The van der Waals surface area contributed by atoms with Crippen LogP contribution in [-0.4, -0.2) is 51.8 Å². The van der Waals surface area contributed by atoms with E-state index in [1.54, 1.807) is 31.2 Å². The number of halogens is 1. The van der Waals surface area contributed by atoms with E-state index in [0.29, 0.717) is 17.3 Å². The van der Waals surface area contributed by atoms with Gasteiger partial charge in [-0.15, -0.1) is 11.6 Å². The average Bonchev–Trinajstić information content (AvgIpc) is 2.92. The topological polar surface area (TPSA) is 148 Å². The van der Waals surface area contributed by atoms with Crippen molar-refractivity contribution in [2.45, 2.75) is 23.2 Å². The fraction of sp³-hybridized carbons (Fsp3) is 0.154. The Balaban J connectivity index is 1.40. The summed E-state index contributed by atoms with van der Waals surface area (Å²) in [4.78, 5) is 42.5. The Morgan fingerprint density at radius 2 is 1.72 bits per heavy atom. The van der Waals surface area contributed by atoms with E-state index in [2.05, 4.69) is 10.4 Å². The molecule has 4 aromatic rings. The van der Waals surface area contributed by atoms with Crippen LogP contribution in [0.25, 0.3) is 16.6 Å². The molecule has 0 radical (unpaired) electrons. The number of amides is 2. The molecule has 200 valence electrons. The summed E-state index contributed by atoms with van der Waals surface area (Å²) in [6.45, 7) is 1.61. The number of methoxy groups -OCH3 is 1. The van der Waals surface area contributed by atoms with Crippen molar-refractivity contribution in [1.82, 2.24) is 20.0 Å². The molecule has 0 spiro atoms. The van der Waals surface area contributed by atoms with E-state index in [1.807, 2.05) is 0 Å². The van der Waals surface area contributed by atoms with Crippen molar-refractivity contribution in [3.05, 3.63) is 94.0 Å². The van der Waals surface area contributed by atoms with Crippen molar-refractivity contribution in [1.29, 1.82) is 0 Å². The van der Waals surface area contributed by atoms with Crippen molar-refractivity contribution in [3.8, 4) is 11.4 Å². The second-order valence-electron chi connectivity index (χ2n) is 8.77. The van der Waals surface area contributed by atoms with Gasteiger partial charge in [0, 0.05) is 5.56 Å². The number of β-lactam (4-membered cyclic amide) rings is 1. The van der Waals surface area contributed by atoms with E-state index in [4.69, 9.17) is 16.3 Å². The van der Waals surface area contributed by atoms with E-state index >= 15 is 0 Å². The van der Waals surface area contributed by atoms with Gasteiger partial charge in [0.05, 0.1) is 28.6 Å². The lowest BCUT2D eigenvalue weighted by molar-refractivity contribution is -0.149. The number of fused-ring (bicyclic) bond motifs is 1. The highest BCUT2D eigenvalue weighted by Crippen LogP contribution is 2.37. The van der Waals surface area contributed by atoms with Crippen LogP contribution >= 0.6 is 11.6 Å². The normalized spacial score (nSPS) is 17.1. The number of aromatic nitrogens is 2. The second-order valence-corrected chi connectivity index (χ2v) is 10.7. The molecule has 2 heterocycles. The predicted octanol–water partition coefficient (Wildman–Crippen LogP) is 2.79. The molecule has 3 aromatic carbocycles. The van der Waals surface area contributed by atoms with Gasteiger partial charge in [0.2, 0.25) is 0 Å². The number of aryl methyl sites for hydroxylation is 1. The summed E-state index contributed by atoms with van der Waals surface area (Å²) >= 11 is 6.23. The van der Waals surface area contributed by atoms with Crippen LogP contribution in [0.5, 0.6) is 5.75 Å². The van der Waals surface area contributed by atoms with Gasteiger partial charge in [0.25, 0.3) is 27.5 Å². The first kappa shape index (κ1) is 26.4. The maximum Gasteiger partial charge on any atom is 0.294 e. The van der Waals surface area contributed by atoms with E-state index in [9.17, 15) is 27.4 Å². The van der Waals surface area contributed by atoms with Gasteiger partial charge in [0.1, 0.15) is 23.0 Å². The highest BCUT2D eigenvalue weighted by molar-refractivity contribution is 7.85. The zero-order valence-corrected chi connectivity index (χ0v) is 22.1. The fourth-order valence-corrected chi connectivity index (χ4v) is 5.24. The van der Waals surface area contributed by atoms with Crippen LogP contribution in [0.1, 0.15) is 27.8 Å². The van der Waals surface area contributed by atoms with Crippen LogP contribution in [0.2, 0.25) is 0 Å². The van der Waals surface area contributed by atoms with Crippen molar-refractivity contribution in [3.63, 3.8) is 0 Å². The van der Waals surface area contributed by atoms with Crippen molar-refractivity contribution < 1.29 is 27.3 Å². The summed E-state index contributed by atoms with van der Waals surface area (Å²) in [6.07, 6.45) is 0. The largest absolute Gasteiger partial charge is 0.497 e. The lowest BCUT2D eigenvalue weighted by atomic mass is 9.95. The number of carbonyl (C=O) groups excluding carboxylic acids is 2. The average molecular weight is 569 g/mol. The zero-order valence-electron chi connectivity index (χ0n) is 20.5. The smallest absolute Gasteiger partial charge is 0.294 e. The Bertz CT molecular complexity index is 1790. The Kier molecular flexibility index (Phi) is 6.62. The molecule has 1 aliphatic heterocycles. The molecule has 1 aromatic heterocycles. The van der Waals surface area contributed by atoms with E-state index in [-0.39, 0.29) is 16.5 Å². The molecule has 13 heteroatoms. The Labute approximate surface area is 227 Å².